The van der Waals surface area contributed by atoms with Gasteiger partial charge in [0.2, 0.25) is 0 Å². The molecule has 0 radical (unpaired) electrons. The quantitative estimate of drug-likeness (QED) is 0.779. The molecular weight excluding hydrogens is 244 g/mol. The maximum atomic E-state index is 5.59. The van der Waals surface area contributed by atoms with Gasteiger partial charge in [-0.2, -0.15) is 0 Å². The first-order chi connectivity index (χ1) is 8.74. The van der Waals surface area contributed by atoms with Crippen molar-refractivity contribution in [2.75, 3.05) is 18.8 Å². The minimum Gasteiger partial charge on any atom is -0.397 e. The number of nitrogens with one attached hydrogen (secondary N) is 1. The van der Waals surface area contributed by atoms with Crippen LogP contribution in [0.25, 0.3) is 0 Å². The topological polar surface area (TPSA) is 63.8 Å². The van der Waals surface area contributed by atoms with E-state index in [-0.39, 0.29) is 0 Å². The lowest BCUT2D eigenvalue weighted by Gasteiger charge is -2.03. The minimum absolute atomic E-state index is 0.714. The normalized spacial score (nSPS) is 10.7. The van der Waals surface area contributed by atoms with Gasteiger partial charge in [0.25, 0.3) is 0 Å². The van der Waals surface area contributed by atoms with Gasteiger partial charge in [-0.05, 0) is 19.1 Å². The molecule has 0 unspecified atom stereocenters. The Balaban J connectivity index is 1.63. The first-order valence-electron chi connectivity index (χ1n) is 6.06. The monoisotopic (exact) mass is 262 g/mol. The molecule has 0 atom stereocenters. The molecule has 18 heavy (non-hydrogen) atoms. The third-order valence-corrected chi connectivity index (χ3v) is 3.45. The SMILES string of the molecule is Cc1nc(CCNCCc2ccc(N)cn2)cs1. The van der Waals surface area contributed by atoms with Crippen LogP contribution in [0.3, 0.4) is 0 Å². The van der Waals surface area contributed by atoms with Gasteiger partial charge >= 0.3 is 0 Å². The summed E-state index contributed by atoms with van der Waals surface area (Å²) in [6.45, 7) is 3.92. The molecule has 0 aromatic carbocycles. The molecule has 0 bridgehead atoms. The van der Waals surface area contributed by atoms with Crippen molar-refractivity contribution in [3.05, 3.63) is 40.1 Å². The molecule has 0 fully saturated rings. The molecule has 4 nitrogen and oxygen atoms in total. The molecular formula is C13H18N4S. The van der Waals surface area contributed by atoms with E-state index >= 15 is 0 Å². The van der Waals surface area contributed by atoms with Crippen LogP contribution in [-0.2, 0) is 12.8 Å². The van der Waals surface area contributed by atoms with Crippen molar-refractivity contribution in [3.8, 4) is 0 Å². The van der Waals surface area contributed by atoms with Crippen molar-refractivity contribution in [2.24, 2.45) is 0 Å². The van der Waals surface area contributed by atoms with Crippen LogP contribution < -0.4 is 11.1 Å². The highest BCUT2D eigenvalue weighted by atomic mass is 32.1. The molecule has 2 rings (SSSR count). The van der Waals surface area contributed by atoms with E-state index < -0.39 is 0 Å². The van der Waals surface area contributed by atoms with Crippen LogP contribution in [0.15, 0.2) is 23.7 Å². The summed E-state index contributed by atoms with van der Waals surface area (Å²) in [5.41, 5.74) is 8.55. The van der Waals surface area contributed by atoms with Crippen molar-refractivity contribution < 1.29 is 0 Å². The molecule has 0 amide bonds. The van der Waals surface area contributed by atoms with Crippen LogP contribution in [0.5, 0.6) is 0 Å². The Labute approximate surface area is 111 Å². The number of thiazole rings is 1. The second-order valence-corrected chi connectivity index (χ2v) is 5.25. The number of anilines is 1. The van der Waals surface area contributed by atoms with Crippen molar-refractivity contribution in [1.29, 1.82) is 0 Å². The fourth-order valence-corrected chi connectivity index (χ4v) is 2.31. The van der Waals surface area contributed by atoms with E-state index in [1.807, 2.05) is 19.1 Å². The lowest BCUT2D eigenvalue weighted by Crippen LogP contribution is -2.20. The molecule has 0 aliphatic carbocycles. The smallest absolute Gasteiger partial charge is 0.0897 e. The maximum Gasteiger partial charge on any atom is 0.0897 e. The zero-order valence-electron chi connectivity index (χ0n) is 10.5. The average molecular weight is 262 g/mol. The van der Waals surface area contributed by atoms with Gasteiger partial charge in [-0.1, -0.05) is 0 Å². The van der Waals surface area contributed by atoms with Crippen LogP contribution in [0.2, 0.25) is 0 Å². The lowest BCUT2D eigenvalue weighted by atomic mass is 10.2. The van der Waals surface area contributed by atoms with E-state index in [4.69, 9.17) is 5.73 Å². The summed E-state index contributed by atoms with van der Waals surface area (Å²) in [4.78, 5) is 8.69. The summed E-state index contributed by atoms with van der Waals surface area (Å²) in [5.74, 6) is 0. The van der Waals surface area contributed by atoms with Gasteiger partial charge in [0, 0.05) is 37.0 Å². The van der Waals surface area contributed by atoms with Crippen molar-refractivity contribution in [3.63, 3.8) is 0 Å². The lowest BCUT2D eigenvalue weighted by molar-refractivity contribution is 0.670. The summed E-state index contributed by atoms with van der Waals surface area (Å²) in [7, 11) is 0. The van der Waals surface area contributed by atoms with Gasteiger partial charge in [0.15, 0.2) is 0 Å². The van der Waals surface area contributed by atoms with E-state index in [0.717, 1.165) is 36.6 Å². The van der Waals surface area contributed by atoms with Crippen LogP contribution in [0, 0.1) is 6.92 Å². The van der Waals surface area contributed by atoms with Crippen molar-refractivity contribution in [2.45, 2.75) is 19.8 Å². The Morgan fingerprint density at radius 2 is 2.00 bits per heavy atom. The molecule has 2 aromatic heterocycles. The number of rotatable bonds is 6. The number of pyridine rings is 1. The Morgan fingerprint density at radius 1 is 1.22 bits per heavy atom. The van der Waals surface area contributed by atoms with E-state index in [9.17, 15) is 0 Å². The highest BCUT2D eigenvalue weighted by Crippen LogP contribution is 2.07. The van der Waals surface area contributed by atoms with Crippen molar-refractivity contribution >= 4 is 17.0 Å². The number of hydrogen-bond acceptors (Lipinski definition) is 5. The summed E-state index contributed by atoms with van der Waals surface area (Å²) >= 11 is 1.71. The highest BCUT2D eigenvalue weighted by molar-refractivity contribution is 7.09. The van der Waals surface area contributed by atoms with E-state index in [1.165, 1.54) is 5.69 Å². The number of nitrogens with two attached hydrogens (primary N) is 1. The second kappa shape index (κ2) is 6.47. The molecule has 5 heteroatoms. The van der Waals surface area contributed by atoms with Gasteiger partial charge in [0.1, 0.15) is 0 Å². The Kier molecular flexibility index (Phi) is 4.66. The predicted molar refractivity (Wildman–Crippen MR) is 75.8 cm³/mol. The van der Waals surface area contributed by atoms with E-state index in [1.54, 1.807) is 17.5 Å². The molecule has 2 aromatic rings. The molecule has 0 saturated heterocycles. The summed E-state index contributed by atoms with van der Waals surface area (Å²) in [6, 6.07) is 3.86. The molecule has 0 aliphatic heterocycles. The molecule has 96 valence electrons. The zero-order chi connectivity index (χ0) is 12.8. The molecule has 3 N–H and O–H groups in total. The number of nitrogens with zero attached hydrogens (tertiary/aromatic N) is 2. The Bertz CT molecular complexity index is 478. The second-order valence-electron chi connectivity index (χ2n) is 4.19. The van der Waals surface area contributed by atoms with Gasteiger partial charge in [0.05, 0.1) is 22.6 Å². The summed E-state index contributed by atoms with van der Waals surface area (Å²) in [5, 5.41) is 6.66. The van der Waals surface area contributed by atoms with E-state index in [2.05, 4.69) is 20.7 Å². The molecule has 0 spiro atoms. The van der Waals surface area contributed by atoms with Crippen molar-refractivity contribution in [1.82, 2.24) is 15.3 Å². The number of aryl methyl sites for hydroxylation is 1. The van der Waals surface area contributed by atoms with E-state index in [0.29, 0.717) is 5.69 Å². The van der Waals surface area contributed by atoms with Crippen LogP contribution in [-0.4, -0.2) is 23.1 Å². The Morgan fingerprint density at radius 3 is 2.61 bits per heavy atom. The maximum absolute atomic E-state index is 5.59. The zero-order valence-corrected chi connectivity index (χ0v) is 11.3. The first-order valence-corrected chi connectivity index (χ1v) is 6.94. The third kappa shape index (κ3) is 4.09. The number of aromatic nitrogens is 2. The van der Waals surface area contributed by atoms with Crippen LogP contribution in [0.1, 0.15) is 16.4 Å². The van der Waals surface area contributed by atoms with Gasteiger partial charge < -0.3 is 11.1 Å². The summed E-state index contributed by atoms with van der Waals surface area (Å²) in [6.07, 6.45) is 3.61. The van der Waals surface area contributed by atoms with Crippen LogP contribution >= 0.6 is 11.3 Å². The molecule has 0 saturated carbocycles. The fraction of sp³-hybridized carbons (Fsp3) is 0.385. The first kappa shape index (κ1) is 13.0. The highest BCUT2D eigenvalue weighted by Gasteiger charge is 1.98. The standard InChI is InChI=1S/C13H18N4S/c1-10-17-13(9-18-10)5-7-15-6-4-12-3-2-11(14)8-16-12/h2-3,8-9,15H,4-7,14H2,1H3. The predicted octanol–water partition coefficient (Wildman–Crippen LogP) is 1.80. The number of hydrogen-bond donors (Lipinski definition) is 2. The third-order valence-electron chi connectivity index (χ3n) is 2.63. The fourth-order valence-electron chi connectivity index (χ4n) is 1.66. The summed E-state index contributed by atoms with van der Waals surface area (Å²) < 4.78 is 0. The number of nitrogen functional groups attached to an aromatic ring is 1. The van der Waals surface area contributed by atoms with Gasteiger partial charge in [-0.15, -0.1) is 11.3 Å². The Hall–Kier alpha value is -1.46. The largest absolute Gasteiger partial charge is 0.397 e. The van der Waals surface area contributed by atoms with Gasteiger partial charge in [-0.25, -0.2) is 4.98 Å². The average Bonchev–Trinajstić information content (AvgIpc) is 2.77. The van der Waals surface area contributed by atoms with Gasteiger partial charge in [-0.3, -0.25) is 4.98 Å². The van der Waals surface area contributed by atoms with Crippen LogP contribution in [0.4, 0.5) is 5.69 Å². The molecule has 0 aliphatic rings. The molecule has 2 heterocycles. The minimum atomic E-state index is 0.714.